The van der Waals surface area contributed by atoms with Crippen molar-refractivity contribution < 1.29 is 9.21 Å². The summed E-state index contributed by atoms with van der Waals surface area (Å²) in [5.41, 5.74) is 3.14. The highest BCUT2D eigenvalue weighted by Gasteiger charge is 2.15. The summed E-state index contributed by atoms with van der Waals surface area (Å²) in [6.07, 6.45) is 3.05. The van der Waals surface area contributed by atoms with Crippen molar-refractivity contribution in [2.24, 2.45) is 0 Å². The fraction of sp³-hybridized carbons (Fsp3) is 0.158. The minimum absolute atomic E-state index is 0.148. The second-order valence-electron chi connectivity index (χ2n) is 6.09. The standard InChI is InChI=1S/C19H16N4O3/c1-11-7-8-20-12(2)16(11)22-15(24)9-23-10-21-17-13-5-3-4-6-14(13)26-18(17)19(23)25/h3-8,10H,9H2,1-2H3,(H,22,24). The smallest absolute Gasteiger partial charge is 0.297 e. The number of carbonyl (C=O) groups is 1. The molecule has 1 amide bonds. The number of nitrogens with zero attached hydrogens (tertiary/aromatic N) is 3. The Balaban J connectivity index is 1.67. The Morgan fingerprint density at radius 3 is 2.81 bits per heavy atom. The van der Waals surface area contributed by atoms with Gasteiger partial charge in [0.15, 0.2) is 0 Å². The van der Waals surface area contributed by atoms with Crippen LogP contribution in [0.25, 0.3) is 22.1 Å². The molecule has 0 bridgehead atoms. The van der Waals surface area contributed by atoms with E-state index in [4.69, 9.17) is 4.42 Å². The number of amides is 1. The first-order valence-electron chi connectivity index (χ1n) is 8.13. The quantitative estimate of drug-likeness (QED) is 0.615. The minimum atomic E-state index is -0.388. The number of nitrogens with one attached hydrogen (secondary N) is 1. The van der Waals surface area contributed by atoms with Crippen LogP contribution in [0.3, 0.4) is 0 Å². The Kier molecular flexibility index (Phi) is 3.76. The first kappa shape index (κ1) is 16.0. The molecule has 1 N–H and O–H groups in total. The molecule has 3 aromatic heterocycles. The van der Waals surface area contributed by atoms with Crippen LogP contribution in [0.5, 0.6) is 0 Å². The Hall–Kier alpha value is -3.48. The third-order valence-electron chi connectivity index (χ3n) is 4.28. The molecule has 130 valence electrons. The average Bonchev–Trinajstić information content (AvgIpc) is 3.00. The zero-order valence-corrected chi connectivity index (χ0v) is 14.3. The Labute approximate surface area is 148 Å². The number of aromatic nitrogens is 3. The Morgan fingerprint density at radius 2 is 2.00 bits per heavy atom. The molecule has 7 nitrogen and oxygen atoms in total. The van der Waals surface area contributed by atoms with Gasteiger partial charge >= 0.3 is 0 Å². The van der Waals surface area contributed by atoms with Crippen LogP contribution in [0.2, 0.25) is 0 Å². The number of carbonyl (C=O) groups excluding carboxylic acids is 1. The molecule has 3 heterocycles. The van der Waals surface area contributed by atoms with Crippen LogP contribution in [0.1, 0.15) is 11.3 Å². The lowest BCUT2D eigenvalue weighted by atomic mass is 10.2. The first-order valence-corrected chi connectivity index (χ1v) is 8.13. The van der Waals surface area contributed by atoms with Crippen LogP contribution in [-0.4, -0.2) is 20.4 Å². The fourth-order valence-corrected chi connectivity index (χ4v) is 2.94. The van der Waals surface area contributed by atoms with Gasteiger partial charge in [0.05, 0.1) is 17.7 Å². The summed E-state index contributed by atoms with van der Waals surface area (Å²) in [5, 5.41) is 3.59. The van der Waals surface area contributed by atoms with Crippen molar-refractivity contribution in [1.82, 2.24) is 14.5 Å². The monoisotopic (exact) mass is 348 g/mol. The minimum Gasteiger partial charge on any atom is -0.448 e. The molecule has 0 aliphatic rings. The Morgan fingerprint density at radius 1 is 1.19 bits per heavy atom. The molecule has 7 heteroatoms. The highest BCUT2D eigenvalue weighted by atomic mass is 16.3. The number of hydrogen-bond acceptors (Lipinski definition) is 5. The van der Waals surface area contributed by atoms with Crippen LogP contribution in [0.15, 0.2) is 52.1 Å². The maximum Gasteiger partial charge on any atom is 0.297 e. The van der Waals surface area contributed by atoms with Gasteiger partial charge in [-0.05, 0) is 37.6 Å². The van der Waals surface area contributed by atoms with E-state index in [0.29, 0.717) is 16.8 Å². The zero-order valence-electron chi connectivity index (χ0n) is 14.3. The van der Waals surface area contributed by atoms with Gasteiger partial charge in [0.1, 0.15) is 17.6 Å². The summed E-state index contributed by atoms with van der Waals surface area (Å²) in [4.78, 5) is 33.5. The summed E-state index contributed by atoms with van der Waals surface area (Å²) in [6, 6.07) is 9.13. The third-order valence-corrected chi connectivity index (χ3v) is 4.28. The Bertz CT molecular complexity index is 1190. The van der Waals surface area contributed by atoms with Gasteiger partial charge in [-0.3, -0.25) is 19.1 Å². The van der Waals surface area contributed by atoms with Crippen molar-refractivity contribution in [3.8, 4) is 0 Å². The molecular weight excluding hydrogens is 332 g/mol. The van der Waals surface area contributed by atoms with Crippen molar-refractivity contribution in [1.29, 1.82) is 0 Å². The average molecular weight is 348 g/mol. The van der Waals surface area contributed by atoms with Gasteiger partial charge in [0.25, 0.3) is 5.56 Å². The van der Waals surface area contributed by atoms with Crippen molar-refractivity contribution in [3.63, 3.8) is 0 Å². The SMILES string of the molecule is Cc1ccnc(C)c1NC(=O)Cn1cnc2c(oc3ccccc32)c1=O. The van der Waals surface area contributed by atoms with Crippen molar-refractivity contribution in [2.75, 3.05) is 5.32 Å². The number of aryl methyl sites for hydroxylation is 2. The van der Waals surface area contributed by atoms with Gasteiger partial charge in [-0.25, -0.2) is 4.98 Å². The summed E-state index contributed by atoms with van der Waals surface area (Å²) in [6.45, 7) is 3.54. The van der Waals surface area contributed by atoms with E-state index in [1.165, 1.54) is 10.9 Å². The van der Waals surface area contributed by atoms with Crippen LogP contribution in [0, 0.1) is 13.8 Å². The molecule has 26 heavy (non-hydrogen) atoms. The van der Waals surface area contributed by atoms with E-state index >= 15 is 0 Å². The molecule has 0 spiro atoms. The number of pyridine rings is 1. The highest BCUT2D eigenvalue weighted by Crippen LogP contribution is 2.24. The molecular formula is C19H16N4O3. The molecule has 0 radical (unpaired) electrons. The third kappa shape index (κ3) is 2.63. The summed E-state index contributed by atoms with van der Waals surface area (Å²) < 4.78 is 6.86. The van der Waals surface area contributed by atoms with Crippen LogP contribution < -0.4 is 10.9 Å². The number of fused-ring (bicyclic) bond motifs is 3. The second-order valence-corrected chi connectivity index (χ2v) is 6.09. The predicted molar refractivity (Wildman–Crippen MR) is 98.1 cm³/mol. The molecule has 1 aromatic carbocycles. The van der Waals surface area contributed by atoms with Gasteiger partial charge in [-0.2, -0.15) is 0 Å². The number of benzene rings is 1. The lowest BCUT2D eigenvalue weighted by Crippen LogP contribution is -2.28. The first-order chi connectivity index (χ1) is 12.5. The van der Waals surface area contributed by atoms with E-state index in [9.17, 15) is 9.59 Å². The number of hydrogen-bond donors (Lipinski definition) is 1. The zero-order chi connectivity index (χ0) is 18.3. The number of para-hydroxylation sites is 1. The summed E-state index contributed by atoms with van der Waals surface area (Å²) >= 11 is 0. The number of furan rings is 1. The maximum atomic E-state index is 12.7. The highest BCUT2D eigenvalue weighted by molar-refractivity contribution is 6.01. The van der Waals surface area contributed by atoms with E-state index in [1.54, 1.807) is 12.3 Å². The van der Waals surface area contributed by atoms with Gasteiger partial charge in [-0.1, -0.05) is 12.1 Å². The van der Waals surface area contributed by atoms with Gasteiger partial charge < -0.3 is 9.73 Å². The lowest BCUT2D eigenvalue weighted by molar-refractivity contribution is -0.116. The number of rotatable bonds is 3. The number of anilines is 1. The van der Waals surface area contributed by atoms with Crippen LogP contribution in [-0.2, 0) is 11.3 Å². The molecule has 0 saturated carbocycles. The second kappa shape index (κ2) is 6.11. The van der Waals surface area contributed by atoms with Crippen LogP contribution >= 0.6 is 0 Å². The molecule has 0 atom stereocenters. The molecule has 0 aliphatic carbocycles. The molecule has 0 saturated heterocycles. The normalized spacial score (nSPS) is 11.2. The van der Waals surface area contributed by atoms with Crippen LogP contribution in [0.4, 0.5) is 5.69 Å². The lowest BCUT2D eigenvalue weighted by Gasteiger charge is -2.11. The summed E-state index contributed by atoms with van der Waals surface area (Å²) in [5.74, 6) is -0.330. The van der Waals surface area contributed by atoms with Crippen molar-refractivity contribution in [2.45, 2.75) is 20.4 Å². The molecule has 0 unspecified atom stereocenters. The largest absolute Gasteiger partial charge is 0.448 e. The molecule has 0 fully saturated rings. The predicted octanol–water partition coefficient (Wildman–Crippen LogP) is 2.79. The van der Waals surface area contributed by atoms with E-state index in [0.717, 1.165) is 16.6 Å². The van der Waals surface area contributed by atoms with Gasteiger partial charge in [0, 0.05) is 11.6 Å². The van der Waals surface area contributed by atoms with E-state index in [1.807, 2.05) is 38.1 Å². The molecule has 4 aromatic rings. The van der Waals surface area contributed by atoms with Crippen molar-refractivity contribution in [3.05, 3.63) is 64.5 Å². The van der Waals surface area contributed by atoms with Gasteiger partial charge in [-0.15, -0.1) is 0 Å². The maximum absolute atomic E-state index is 12.7. The van der Waals surface area contributed by atoms with Crippen molar-refractivity contribution >= 4 is 33.7 Å². The molecule has 4 rings (SSSR count). The van der Waals surface area contributed by atoms with Gasteiger partial charge in [0.2, 0.25) is 11.5 Å². The van der Waals surface area contributed by atoms with E-state index < -0.39 is 0 Å². The fourth-order valence-electron chi connectivity index (χ4n) is 2.94. The summed E-state index contributed by atoms with van der Waals surface area (Å²) in [7, 11) is 0. The van der Waals surface area contributed by atoms with E-state index in [-0.39, 0.29) is 23.6 Å². The molecule has 0 aliphatic heterocycles. The van der Waals surface area contributed by atoms with E-state index in [2.05, 4.69) is 15.3 Å². The topological polar surface area (TPSA) is 90.0 Å².